The SMILES string of the molecule is CC(C)(C)OC(=O)N1CCC(OC(C)(C)C)(c2nc3ccccc3[nH]2)CC1N=C=O. The van der Waals surface area contributed by atoms with E-state index < -0.39 is 29.1 Å². The Morgan fingerprint density at radius 1 is 1.23 bits per heavy atom. The first kappa shape index (κ1) is 22.0. The molecule has 1 aromatic heterocycles. The van der Waals surface area contributed by atoms with Crippen LogP contribution >= 0.6 is 0 Å². The van der Waals surface area contributed by atoms with Crippen LogP contribution < -0.4 is 0 Å². The van der Waals surface area contributed by atoms with Crippen LogP contribution in [-0.4, -0.2) is 51.0 Å². The van der Waals surface area contributed by atoms with Crippen LogP contribution in [0.5, 0.6) is 0 Å². The molecule has 2 heterocycles. The number of likely N-dealkylation sites (tertiary alicyclic amines) is 1. The number of aromatic nitrogens is 2. The second-order valence-electron chi connectivity index (χ2n) is 9.64. The van der Waals surface area contributed by atoms with Gasteiger partial charge in [0.1, 0.15) is 23.2 Å². The van der Waals surface area contributed by atoms with Gasteiger partial charge in [-0.3, -0.25) is 4.90 Å². The Morgan fingerprint density at radius 2 is 1.93 bits per heavy atom. The van der Waals surface area contributed by atoms with Gasteiger partial charge < -0.3 is 14.5 Å². The van der Waals surface area contributed by atoms with E-state index >= 15 is 0 Å². The Hall–Kier alpha value is -2.70. The fourth-order valence-electron chi connectivity index (χ4n) is 3.78. The number of fused-ring (bicyclic) bond motifs is 1. The first-order valence-corrected chi connectivity index (χ1v) is 10.1. The van der Waals surface area contributed by atoms with Crippen molar-refractivity contribution in [3.63, 3.8) is 0 Å². The number of hydrogen-bond donors (Lipinski definition) is 1. The second kappa shape index (κ2) is 7.85. The predicted molar refractivity (Wildman–Crippen MR) is 113 cm³/mol. The number of piperidine rings is 1. The number of rotatable bonds is 3. The summed E-state index contributed by atoms with van der Waals surface area (Å²) in [4.78, 5) is 37.4. The molecule has 2 atom stereocenters. The van der Waals surface area contributed by atoms with Gasteiger partial charge in [-0.1, -0.05) is 12.1 Å². The van der Waals surface area contributed by atoms with Crippen LogP contribution in [0.2, 0.25) is 0 Å². The van der Waals surface area contributed by atoms with Crippen molar-refractivity contribution in [1.29, 1.82) is 0 Å². The molecule has 1 fully saturated rings. The van der Waals surface area contributed by atoms with Crippen LogP contribution in [0.4, 0.5) is 4.79 Å². The third-order valence-corrected chi connectivity index (χ3v) is 4.78. The average molecular weight is 415 g/mol. The standard InChI is InChI=1S/C22H30N4O4/c1-20(2,3)29-19(28)26-12-11-22(30-21(4,5)6,13-17(26)23-14-27)18-24-15-9-7-8-10-16(15)25-18/h7-10,17H,11-13H2,1-6H3,(H,24,25). The van der Waals surface area contributed by atoms with Crippen molar-refractivity contribution in [2.75, 3.05) is 6.54 Å². The smallest absolute Gasteiger partial charge is 0.412 e. The number of amides is 1. The van der Waals surface area contributed by atoms with Crippen LogP contribution in [0.25, 0.3) is 11.0 Å². The lowest BCUT2D eigenvalue weighted by atomic mass is 9.87. The Labute approximate surface area is 176 Å². The number of imidazole rings is 1. The zero-order chi connectivity index (χ0) is 22.2. The van der Waals surface area contributed by atoms with Crippen molar-refractivity contribution >= 4 is 23.2 Å². The first-order chi connectivity index (χ1) is 13.9. The highest BCUT2D eigenvalue weighted by atomic mass is 16.6. The molecule has 8 nitrogen and oxygen atoms in total. The topological polar surface area (TPSA) is 96.9 Å². The van der Waals surface area contributed by atoms with Crippen molar-refractivity contribution in [2.24, 2.45) is 4.99 Å². The minimum absolute atomic E-state index is 0.262. The highest BCUT2D eigenvalue weighted by Crippen LogP contribution is 2.42. The van der Waals surface area contributed by atoms with E-state index in [4.69, 9.17) is 14.5 Å². The molecule has 30 heavy (non-hydrogen) atoms. The first-order valence-electron chi connectivity index (χ1n) is 10.1. The van der Waals surface area contributed by atoms with Gasteiger partial charge in [-0.2, -0.15) is 4.99 Å². The summed E-state index contributed by atoms with van der Waals surface area (Å²) in [5, 5.41) is 0. The van der Waals surface area contributed by atoms with Crippen molar-refractivity contribution in [3.05, 3.63) is 30.1 Å². The van der Waals surface area contributed by atoms with Crippen LogP contribution in [0.15, 0.2) is 29.3 Å². The second-order valence-corrected chi connectivity index (χ2v) is 9.64. The molecular weight excluding hydrogens is 384 g/mol. The van der Waals surface area contributed by atoms with Gasteiger partial charge in [0.25, 0.3) is 0 Å². The Morgan fingerprint density at radius 3 is 2.53 bits per heavy atom. The molecule has 0 bridgehead atoms. The van der Waals surface area contributed by atoms with Crippen LogP contribution in [0.3, 0.4) is 0 Å². The van der Waals surface area contributed by atoms with Gasteiger partial charge in [0.15, 0.2) is 0 Å². The molecule has 0 radical (unpaired) electrons. The van der Waals surface area contributed by atoms with Crippen molar-refractivity contribution in [2.45, 2.75) is 77.4 Å². The summed E-state index contributed by atoms with van der Waals surface area (Å²) < 4.78 is 12.0. The van der Waals surface area contributed by atoms with Crippen molar-refractivity contribution in [3.8, 4) is 0 Å². The summed E-state index contributed by atoms with van der Waals surface area (Å²) in [7, 11) is 0. The molecule has 8 heteroatoms. The van der Waals surface area contributed by atoms with E-state index in [0.717, 1.165) is 11.0 Å². The number of aliphatic imine (C=N–C) groups is 1. The molecule has 1 amide bonds. The zero-order valence-electron chi connectivity index (χ0n) is 18.5. The number of ether oxygens (including phenoxy) is 2. The molecule has 2 aromatic rings. The van der Waals surface area contributed by atoms with Crippen LogP contribution in [0.1, 0.15) is 60.2 Å². The minimum atomic E-state index is -0.846. The molecule has 2 unspecified atom stereocenters. The predicted octanol–water partition coefficient (Wildman–Crippen LogP) is 4.27. The highest BCUT2D eigenvalue weighted by molar-refractivity contribution is 5.75. The van der Waals surface area contributed by atoms with Crippen molar-refractivity contribution in [1.82, 2.24) is 14.9 Å². The summed E-state index contributed by atoms with van der Waals surface area (Å²) in [5.41, 5.74) is -0.255. The molecule has 1 aromatic carbocycles. The van der Waals surface area contributed by atoms with Crippen molar-refractivity contribution < 1.29 is 19.1 Å². The lowest BCUT2D eigenvalue weighted by Crippen LogP contribution is -2.54. The molecule has 3 rings (SSSR count). The zero-order valence-corrected chi connectivity index (χ0v) is 18.5. The Kier molecular flexibility index (Phi) is 5.76. The molecule has 0 spiro atoms. The summed E-state index contributed by atoms with van der Waals surface area (Å²) in [6.07, 6.45) is 1.07. The number of nitrogens with one attached hydrogen (secondary N) is 1. The van der Waals surface area contributed by atoms with E-state index in [0.29, 0.717) is 18.8 Å². The van der Waals surface area contributed by atoms with Gasteiger partial charge in [-0.05, 0) is 53.7 Å². The summed E-state index contributed by atoms with van der Waals surface area (Å²) >= 11 is 0. The van der Waals surface area contributed by atoms with E-state index in [-0.39, 0.29) is 6.42 Å². The molecule has 1 aliphatic rings. The summed E-state index contributed by atoms with van der Waals surface area (Å²) in [6.45, 7) is 11.6. The quantitative estimate of drug-likeness (QED) is 0.598. The molecular formula is C22H30N4O4. The molecule has 1 N–H and O–H groups in total. The number of benzene rings is 1. The van der Waals surface area contributed by atoms with Crippen LogP contribution in [0, 0.1) is 0 Å². The monoisotopic (exact) mass is 414 g/mol. The minimum Gasteiger partial charge on any atom is -0.444 e. The number of nitrogens with zero attached hydrogens (tertiary/aromatic N) is 3. The maximum Gasteiger partial charge on any atom is 0.412 e. The maximum atomic E-state index is 12.7. The fraction of sp³-hybridized carbons (Fsp3) is 0.591. The number of aromatic amines is 1. The molecule has 1 saturated heterocycles. The summed E-state index contributed by atoms with van der Waals surface area (Å²) in [5.74, 6) is 0.661. The number of para-hydroxylation sites is 2. The fourth-order valence-corrected chi connectivity index (χ4v) is 3.78. The highest BCUT2D eigenvalue weighted by Gasteiger charge is 2.48. The number of isocyanates is 1. The van der Waals surface area contributed by atoms with E-state index in [1.54, 1.807) is 26.9 Å². The number of hydrogen-bond acceptors (Lipinski definition) is 6. The Bertz CT molecular complexity index is 932. The molecule has 1 aliphatic heterocycles. The third-order valence-electron chi connectivity index (χ3n) is 4.78. The van der Waals surface area contributed by atoms with Gasteiger partial charge >= 0.3 is 6.09 Å². The van der Waals surface area contributed by atoms with E-state index in [9.17, 15) is 9.59 Å². The van der Waals surface area contributed by atoms with Gasteiger partial charge in [0, 0.05) is 19.4 Å². The summed E-state index contributed by atoms with van der Waals surface area (Å²) in [6, 6.07) is 7.74. The van der Waals surface area contributed by atoms with Gasteiger partial charge in [0.2, 0.25) is 6.08 Å². The largest absolute Gasteiger partial charge is 0.444 e. The number of carbonyl (C=O) groups excluding carboxylic acids is 2. The van der Waals surface area contributed by atoms with Gasteiger partial charge in [-0.25, -0.2) is 14.6 Å². The third kappa shape index (κ3) is 4.89. The van der Waals surface area contributed by atoms with E-state index in [2.05, 4.69) is 9.98 Å². The average Bonchev–Trinajstić information content (AvgIpc) is 3.04. The van der Waals surface area contributed by atoms with E-state index in [1.165, 1.54) is 4.90 Å². The lowest BCUT2D eigenvalue weighted by Gasteiger charge is -2.46. The number of H-pyrrole nitrogens is 1. The maximum absolute atomic E-state index is 12.7. The molecule has 0 saturated carbocycles. The van der Waals surface area contributed by atoms with E-state index in [1.807, 2.05) is 45.0 Å². The molecule has 0 aliphatic carbocycles. The molecule has 162 valence electrons. The lowest BCUT2D eigenvalue weighted by molar-refractivity contribution is -0.173. The van der Waals surface area contributed by atoms with Crippen LogP contribution in [-0.2, 0) is 19.9 Å². The van der Waals surface area contributed by atoms with Gasteiger partial charge in [-0.15, -0.1) is 0 Å². The Balaban J connectivity index is 2.00. The normalized spacial score (nSPS) is 22.6. The van der Waals surface area contributed by atoms with Gasteiger partial charge in [0.05, 0.1) is 16.6 Å². The number of carbonyl (C=O) groups is 1.